The van der Waals surface area contributed by atoms with Gasteiger partial charge in [0, 0.05) is 11.8 Å². The van der Waals surface area contributed by atoms with Crippen LogP contribution in [0.4, 0.5) is 17.2 Å². The van der Waals surface area contributed by atoms with E-state index in [-0.39, 0.29) is 5.69 Å². The zero-order valence-electron chi connectivity index (χ0n) is 13.5. The fourth-order valence-corrected chi connectivity index (χ4v) is 2.20. The minimum absolute atomic E-state index is 0.168. The number of carbonyl (C=O) groups is 1. The van der Waals surface area contributed by atoms with E-state index in [9.17, 15) is 4.79 Å². The monoisotopic (exact) mass is 340 g/mol. The quantitative estimate of drug-likeness (QED) is 0.753. The molecule has 0 aliphatic heterocycles. The van der Waals surface area contributed by atoms with E-state index in [0.717, 1.165) is 0 Å². The van der Waals surface area contributed by atoms with Crippen molar-refractivity contribution in [3.8, 4) is 12.1 Å². The average Bonchev–Trinajstić information content (AvgIpc) is 2.69. The molecule has 0 saturated heterocycles. The van der Waals surface area contributed by atoms with Crippen molar-refractivity contribution in [2.24, 2.45) is 0 Å². The summed E-state index contributed by atoms with van der Waals surface area (Å²) in [6.45, 7) is 0. The van der Waals surface area contributed by atoms with Gasteiger partial charge >= 0.3 is 0 Å². The van der Waals surface area contributed by atoms with Gasteiger partial charge in [0.05, 0.1) is 22.9 Å². The Morgan fingerprint density at radius 3 is 2.46 bits per heavy atom. The Kier molecular flexibility index (Phi) is 4.83. The molecule has 0 unspecified atom stereocenters. The summed E-state index contributed by atoms with van der Waals surface area (Å²) < 4.78 is 0. The zero-order valence-corrected chi connectivity index (χ0v) is 13.5. The van der Waals surface area contributed by atoms with E-state index in [1.807, 2.05) is 6.07 Å². The standard InChI is InChI=1S/C19H12N6O/c20-10-13-5-7-15(8-6-13)24-19(26)17-9-18(23-12-22-17)25-16-4-2-1-3-14(16)11-21/h1-9,12H,(H,24,26)(H,22,23,25). The third-order valence-electron chi connectivity index (χ3n) is 3.48. The number of nitrogens with zero attached hydrogens (tertiary/aromatic N) is 4. The maximum Gasteiger partial charge on any atom is 0.274 e. The van der Waals surface area contributed by atoms with Crippen molar-refractivity contribution >= 4 is 23.1 Å². The molecule has 0 saturated carbocycles. The summed E-state index contributed by atoms with van der Waals surface area (Å²) in [6, 6.07) is 19.1. The van der Waals surface area contributed by atoms with E-state index < -0.39 is 5.91 Å². The number of aromatic nitrogens is 2. The molecule has 1 heterocycles. The summed E-state index contributed by atoms with van der Waals surface area (Å²) in [6.07, 6.45) is 1.27. The van der Waals surface area contributed by atoms with Gasteiger partial charge in [0.2, 0.25) is 0 Å². The van der Waals surface area contributed by atoms with Gasteiger partial charge in [-0.1, -0.05) is 12.1 Å². The summed E-state index contributed by atoms with van der Waals surface area (Å²) >= 11 is 0. The first kappa shape index (κ1) is 16.6. The van der Waals surface area contributed by atoms with Crippen LogP contribution in [0.3, 0.4) is 0 Å². The predicted octanol–water partition coefficient (Wildman–Crippen LogP) is 3.22. The Hall–Kier alpha value is -4.23. The fraction of sp³-hybridized carbons (Fsp3) is 0. The van der Waals surface area contributed by atoms with Crippen molar-refractivity contribution in [2.45, 2.75) is 0 Å². The molecule has 2 aromatic carbocycles. The van der Waals surface area contributed by atoms with Crippen LogP contribution < -0.4 is 10.6 Å². The second kappa shape index (κ2) is 7.56. The number of hydrogen-bond donors (Lipinski definition) is 2. The average molecular weight is 340 g/mol. The first-order valence-electron chi connectivity index (χ1n) is 7.59. The van der Waals surface area contributed by atoms with Crippen LogP contribution in [0.5, 0.6) is 0 Å². The molecule has 0 spiro atoms. The highest BCUT2D eigenvalue weighted by Crippen LogP contribution is 2.19. The van der Waals surface area contributed by atoms with E-state index in [1.165, 1.54) is 12.4 Å². The highest BCUT2D eigenvalue weighted by Gasteiger charge is 2.10. The highest BCUT2D eigenvalue weighted by atomic mass is 16.1. The summed E-state index contributed by atoms with van der Waals surface area (Å²) in [4.78, 5) is 20.4. The maximum absolute atomic E-state index is 12.3. The van der Waals surface area contributed by atoms with Gasteiger partial charge in [0.25, 0.3) is 5.91 Å². The predicted molar refractivity (Wildman–Crippen MR) is 95.6 cm³/mol. The second-order valence-electron chi connectivity index (χ2n) is 5.21. The summed E-state index contributed by atoms with van der Waals surface area (Å²) in [5.74, 6) is -0.0126. The van der Waals surface area contributed by atoms with Gasteiger partial charge in [-0.2, -0.15) is 10.5 Å². The van der Waals surface area contributed by atoms with Crippen molar-refractivity contribution in [3.05, 3.63) is 77.7 Å². The molecule has 1 aromatic heterocycles. The van der Waals surface area contributed by atoms with Gasteiger partial charge < -0.3 is 10.6 Å². The van der Waals surface area contributed by atoms with E-state index in [1.54, 1.807) is 48.5 Å². The fourth-order valence-electron chi connectivity index (χ4n) is 2.20. The normalized spacial score (nSPS) is 9.62. The van der Waals surface area contributed by atoms with Crippen LogP contribution in [-0.2, 0) is 0 Å². The minimum atomic E-state index is -0.409. The summed E-state index contributed by atoms with van der Waals surface area (Å²) in [5.41, 5.74) is 2.28. The largest absolute Gasteiger partial charge is 0.339 e. The lowest BCUT2D eigenvalue weighted by Crippen LogP contribution is -2.14. The molecule has 7 heteroatoms. The lowest BCUT2D eigenvalue weighted by molar-refractivity contribution is 0.102. The van der Waals surface area contributed by atoms with Crippen molar-refractivity contribution in [2.75, 3.05) is 10.6 Å². The first-order valence-corrected chi connectivity index (χ1v) is 7.59. The van der Waals surface area contributed by atoms with E-state index in [2.05, 4.69) is 26.7 Å². The highest BCUT2D eigenvalue weighted by molar-refractivity contribution is 6.03. The van der Waals surface area contributed by atoms with E-state index in [0.29, 0.717) is 28.3 Å². The van der Waals surface area contributed by atoms with E-state index in [4.69, 9.17) is 10.5 Å². The third kappa shape index (κ3) is 3.81. The molecule has 3 rings (SSSR count). The number of hydrogen-bond acceptors (Lipinski definition) is 6. The molecule has 3 aromatic rings. The molecule has 0 aliphatic rings. The Balaban J connectivity index is 1.77. The van der Waals surface area contributed by atoms with Crippen LogP contribution in [0.1, 0.15) is 21.6 Å². The van der Waals surface area contributed by atoms with Crippen LogP contribution in [0.25, 0.3) is 0 Å². The molecular formula is C19H12N6O. The number of carbonyl (C=O) groups excluding carboxylic acids is 1. The molecule has 0 atom stereocenters. The third-order valence-corrected chi connectivity index (χ3v) is 3.48. The van der Waals surface area contributed by atoms with Gasteiger partial charge in [-0.15, -0.1) is 0 Å². The van der Waals surface area contributed by atoms with Gasteiger partial charge in [0.1, 0.15) is 23.9 Å². The number of amides is 1. The molecule has 0 bridgehead atoms. The van der Waals surface area contributed by atoms with Crippen molar-refractivity contribution in [3.63, 3.8) is 0 Å². The lowest BCUT2D eigenvalue weighted by atomic mass is 10.2. The molecule has 0 aliphatic carbocycles. The topological polar surface area (TPSA) is 114 Å². The maximum atomic E-state index is 12.3. The first-order chi connectivity index (χ1) is 12.7. The van der Waals surface area contributed by atoms with Gasteiger partial charge in [-0.3, -0.25) is 4.79 Å². The Bertz CT molecular complexity index is 1030. The Morgan fingerprint density at radius 2 is 1.73 bits per heavy atom. The summed E-state index contributed by atoms with van der Waals surface area (Å²) in [7, 11) is 0. The zero-order chi connectivity index (χ0) is 18.4. The number of benzene rings is 2. The smallest absolute Gasteiger partial charge is 0.274 e. The molecule has 26 heavy (non-hydrogen) atoms. The van der Waals surface area contributed by atoms with Gasteiger partial charge in [-0.05, 0) is 36.4 Å². The number of rotatable bonds is 4. The lowest BCUT2D eigenvalue weighted by Gasteiger charge is -2.09. The van der Waals surface area contributed by atoms with Crippen molar-refractivity contribution in [1.29, 1.82) is 10.5 Å². The second-order valence-corrected chi connectivity index (χ2v) is 5.21. The van der Waals surface area contributed by atoms with Crippen LogP contribution in [-0.4, -0.2) is 15.9 Å². The van der Waals surface area contributed by atoms with Crippen molar-refractivity contribution in [1.82, 2.24) is 9.97 Å². The van der Waals surface area contributed by atoms with Gasteiger partial charge in [0.15, 0.2) is 0 Å². The Morgan fingerprint density at radius 1 is 0.962 bits per heavy atom. The van der Waals surface area contributed by atoms with Gasteiger partial charge in [-0.25, -0.2) is 9.97 Å². The van der Waals surface area contributed by atoms with Crippen molar-refractivity contribution < 1.29 is 4.79 Å². The number of nitriles is 2. The number of anilines is 3. The molecule has 2 N–H and O–H groups in total. The molecule has 124 valence electrons. The molecule has 7 nitrogen and oxygen atoms in total. The number of para-hydroxylation sites is 1. The minimum Gasteiger partial charge on any atom is -0.339 e. The van der Waals surface area contributed by atoms with Crippen LogP contribution in [0.2, 0.25) is 0 Å². The summed E-state index contributed by atoms with van der Waals surface area (Å²) in [5, 5.41) is 23.6. The van der Waals surface area contributed by atoms with Crippen LogP contribution in [0.15, 0.2) is 60.9 Å². The molecule has 0 radical (unpaired) electrons. The molecule has 0 fully saturated rings. The van der Waals surface area contributed by atoms with Crippen LogP contribution >= 0.6 is 0 Å². The number of nitrogens with one attached hydrogen (secondary N) is 2. The molecular weight excluding hydrogens is 328 g/mol. The van der Waals surface area contributed by atoms with Crippen LogP contribution in [0, 0.1) is 22.7 Å². The molecule has 1 amide bonds. The van der Waals surface area contributed by atoms with E-state index >= 15 is 0 Å². The SMILES string of the molecule is N#Cc1ccc(NC(=O)c2cc(Nc3ccccc3C#N)ncn2)cc1. The Labute approximate surface area is 149 Å².